The SMILES string of the molecule is CCOC1=C=C=C(C=Nc2cc(-c3ccc(C)cc3)nn2-c2ccccc2)C=C1. The van der Waals surface area contributed by atoms with Crippen LogP contribution < -0.4 is 0 Å². The monoisotopic (exact) mass is 379 g/mol. The lowest BCUT2D eigenvalue weighted by atomic mass is 10.1. The van der Waals surface area contributed by atoms with Crippen molar-refractivity contribution in [2.45, 2.75) is 13.8 Å². The van der Waals surface area contributed by atoms with Crippen LogP contribution in [0, 0.1) is 6.92 Å². The van der Waals surface area contributed by atoms with Gasteiger partial charge in [-0.05, 0) is 43.9 Å². The van der Waals surface area contributed by atoms with Crippen LogP contribution in [0.5, 0.6) is 0 Å². The van der Waals surface area contributed by atoms with Crippen LogP contribution in [0.25, 0.3) is 16.9 Å². The molecule has 4 nitrogen and oxygen atoms in total. The number of allylic oxidation sites excluding steroid dienone is 3. The van der Waals surface area contributed by atoms with Crippen LogP contribution in [-0.4, -0.2) is 22.6 Å². The minimum absolute atomic E-state index is 0.607. The first-order valence-electron chi connectivity index (χ1n) is 9.56. The molecule has 0 unspecified atom stereocenters. The number of hydrogen-bond acceptors (Lipinski definition) is 3. The number of aryl methyl sites for hydroxylation is 1. The quantitative estimate of drug-likeness (QED) is 0.406. The summed E-state index contributed by atoms with van der Waals surface area (Å²) in [6.07, 6.45) is 5.55. The van der Waals surface area contributed by atoms with Gasteiger partial charge in [0, 0.05) is 23.4 Å². The van der Waals surface area contributed by atoms with Crippen molar-refractivity contribution < 1.29 is 4.74 Å². The van der Waals surface area contributed by atoms with Crippen LogP contribution >= 0.6 is 0 Å². The molecule has 0 amide bonds. The molecule has 0 atom stereocenters. The zero-order valence-electron chi connectivity index (χ0n) is 16.5. The molecule has 0 saturated heterocycles. The van der Waals surface area contributed by atoms with E-state index < -0.39 is 0 Å². The lowest BCUT2D eigenvalue weighted by molar-refractivity contribution is 0.243. The molecule has 1 heterocycles. The Morgan fingerprint density at radius 3 is 2.52 bits per heavy atom. The van der Waals surface area contributed by atoms with Gasteiger partial charge in [0.1, 0.15) is 0 Å². The molecule has 0 bridgehead atoms. The van der Waals surface area contributed by atoms with E-state index in [9.17, 15) is 0 Å². The summed E-state index contributed by atoms with van der Waals surface area (Å²) in [5.74, 6) is 1.43. The third kappa shape index (κ3) is 4.36. The Bertz CT molecular complexity index is 1170. The fourth-order valence-electron chi connectivity index (χ4n) is 2.92. The molecule has 2 aromatic carbocycles. The first kappa shape index (κ1) is 18.5. The Hall–Kier alpha value is -3.84. The van der Waals surface area contributed by atoms with Crippen LogP contribution in [0.4, 0.5) is 5.82 Å². The molecule has 142 valence electrons. The third-order valence-electron chi connectivity index (χ3n) is 4.42. The average Bonchev–Trinajstić information content (AvgIpc) is 3.19. The van der Waals surface area contributed by atoms with Crippen molar-refractivity contribution in [1.82, 2.24) is 9.78 Å². The molecule has 1 aliphatic rings. The van der Waals surface area contributed by atoms with Crippen molar-refractivity contribution in [3.05, 3.63) is 101 Å². The Kier molecular flexibility index (Phi) is 5.40. The largest absolute Gasteiger partial charge is 0.486 e. The van der Waals surface area contributed by atoms with Gasteiger partial charge in [-0.1, -0.05) is 53.8 Å². The highest BCUT2D eigenvalue weighted by atomic mass is 16.5. The van der Waals surface area contributed by atoms with E-state index >= 15 is 0 Å². The van der Waals surface area contributed by atoms with E-state index in [0.717, 1.165) is 28.3 Å². The number of hydrogen-bond donors (Lipinski definition) is 0. The summed E-state index contributed by atoms with van der Waals surface area (Å²) < 4.78 is 7.27. The van der Waals surface area contributed by atoms with Gasteiger partial charge in [0.05, 0.1) is 18.0 Å². The topological polar surface area (TPSA) is 39.4 Å². The number of aromatic nitrogens is 2. The van der Waals surface area contributed by atoms with Crippen LogP contribution in [0.15, 0.2) is 101 Å². The second-order valence-electron chi connectivity index (χ2n) is 6.60. The molecule has 0 aliphatic heterocycles. The van der Waals surface area contributed by atoms with Crippen LogP contribution in [0.3, 0.4) is 0 Å². The summed E-state index contributed by atoms with van der Waals surface area (Å²) >= 11 is 0. The highest BCUT2D eigenvalue weighted by molar-refractivity contribution is 5.84. The van der Waals surface area contributed by atoms with Crippen molar-refractivity contribution in [3.63, 3.8) is 0 Å². The van der Waals surface area contributed by atoms with Crippen molar-refractivity contribution in [2.24, 2.45) is 4.99 Å². The molecule has 0 N–H and O–H groups in total. The van der Waals surface area contributed by atoms with E-state index in [4.69, 9.17) is 9.84 Å². The van der Waals surface area contributed by atoms with Crippen molar-refractivity contribution >= 4 is 12.0 Å². The predicted octanol–water partition coefficient (Wildman–Crippen LogP) is 5.72. The standard InChI is InChI=1S/C25H21N3O/c1-3-29-23-15-11-20(12-16-23)18-26-25-17-24(21-13-9-19(2)10-14-21)27-28(25)22-7-5-4-6-8-22/h4-11,13-15,17-18H,3H2,1-2H3. The maximum absolute atomic E-state index is 5.42. The third-order valence-corrected chi connectivity index (χ3v) is 4.42. The normalized spacial score (nSPS) is 12.9. The molecule has 0 radical (unpaired) electrons. The van der Waals surface area contributed by atoms with Crippen LogP contribution in [0.2, 0.25) is 0 Å². The molecular weight excluding hydrogens is 358 g/mol. The number of para-hydroxylation sites is 1. The highest BCUT2D eigenvalue weighted by Crippen LogP contribution is 2.27. The first-order chi connectivity index (χ1) is 14.2. The van der Waals surface area contributed by atoms with Gasteiger partial charge in [-0.2, -0.15) is 5.10 Å². The second kappa shape index (κ2) is 8.45. The number of ether oxygens (including phenoxy) is 1. The van der Waals surface area contributed by atoms with Gasteiger partial charge in [-0.15, -0.1) is 0 Å². The smallest absolute Gasteiger partial charge is 0.170 e. The van der Waals surface area contributed by atoms with E-state index in [2.05, 4.69) is 47.6 Å². The summed E-state index contributed by atoms with van der Waals surface area (Å²) in [6.45, 7) is 4.63. The summed E-state index contributed by atoms with van der Waals surface area (Å²) in [5.41, 5.74) is 11.0. The molecule has 4 heteroatoms. The minimum atomic E-state index is 0.607. The lowest BCUT2D eigenvalue weighted by Gasteiger charge is -2.04. The van der Waals surface area contributed by atoms with E-state index in [1.807, 2.05) is 60.2 Å². The predicted molar refractivity (Wildman–Crippen MR) is 117 cm³/mol. The zero-order valence-corrected chi connectivity index (χ0v) is 16.5. The van der Waals surface area contributed by atoms with E-state index in [0.29, 0.717) is 12.4 Å². The molecule has 0 fully saturated rings. The fourth-order valence-corrected chi connectivity index (χ4v) is 2.92. The molecule has 0 saturated carbocycles. The number of rotatable bonds is 6. The van der Waals surface area contributed by atoms with Crippen LogP contribution in [0.1, 0.15) is 12.5 Å². The van der Waals surface area contributed by atoms with E-state index in [1.54, 1.807) is 6.21 Å². The average molecular weight is 379 g/mol. The molecule has 1 aliphatic carbocycles. The molecular formula is C25H21N3O. The Balaban J connectivity index is 1.73. The number of nitrogens with zero attached hydrogens (tertiary/aromatic N) is 3. The van der Waals surface area contributed by atoms with Gasteiger partial charge < -0.3 is 4.74 Å². The number of benzene rings is 2. The Labute approximate surface area is 170 Å². The summed E-state index contributed by atoms with van der Waals surface area (Å²) in [6, 6.07) is 20.3. The first-order valence-corrected chi connectivity index (χ1v) is 9.56. The molecule has 3 aromatic rings. The molecule has 4 rings (SSSR count). The van der Waals surface area contributed by atoms with Gasteiger partial charge in [-0.25, -0.2) is 9.67 Å². The Morgan fingerprint density at radius 2 is 1.83 bits per heavy atom. The maximum Gasteiger partial charge on any atom is 0.170 e. The summed E-state index contributed by atoms with van der Waals surface area (Å²) in [7, 11) is 0. The molecule has 29 heavy (non-hydrogen) atoms. The van der Waals surface area contributed by atoms with Crippen LogP contribution in [-0.2, 0) is 4.74 Å². The van der Waals surface area contributed by atoms with Crippen molar-refractivity contribution in [2.75, 3.05) is 6.61 Å². The van der Waals surface area contributed by atoms with Crippen molar-refractivity contribution in [3.8, 4) is 16.9 Å². The molecule has 1 aromatic heterocycles. The highest BCUT2D eigenvalue weighted by Gasteiger charge is 2.10. The fraction of sp³-hybridized carbons (Fsp3) is 0.120. The zero-order chi connectivity index (χ0) is 20.1. The van der Waals surface area contributed by atoms with Gasteiger partial charge in [0.15, 0.2) is 11.6 Å². The molecule has 0 spiro atoms. The second-order valence-corrected chi connectivity index (χ2v) is 6.60. The minimum Gasteiger partial charge on any atom is -0.486 e. The van der Waals surface area contributed by atoms with Crippen molar-refractivity contribution in [1.29, 1.82) is 0 Å². The number of aliphatic imine (C=N–C) groups is 1. The lowest BCUT2D eigenvalue weighted by Crippen LogP contribution is -1.96. The van der Waals surface area contributed by atoms with E-state index in [-0.39, 0.29) is 0 Å². The Morgan fingerprint density at radius 1 is 1.03 bits per heavy atom. The van der Waals surface area contributed by atoms with Gasteiger partial charge in [-0.3, -0.25) is 0 Å². The van der Waals surface area contributed by atoms with Gasteiger partial charge >= 0.3 is 0 Å². The van der Waals surface area contributed by atoms with Gasteiger partial charge in [0.25, 0.3) is 0 Å². The summed E-state index contributed by atoms with van der Waals surface area (Å²) in [5, 5.41) is 4.80. The summed E-state index contributed by atoms with van der Waals surface area (Å²) in [4.78, 5) is 4.68. The maximum atomic E-state index is 5.42. The van der Waals surface area contributed by atoms with E-state index in [1.165, 1.54) is 5.56 Å². The van der Waals surface area contributed by atoms with Gasteiger partial charge in [0.2, 0.25) is 0 Å².